The summed E-state index contributed by atoms with van der Waals surface area (Å²) in [4.78, 5) is 37.0. The van der Waals surface area contributed by atoms with Crippen molar-refractivity contribution in [1.82, 2.24) is 20.0 Å². The first-order valence-electron chi connectivity index (χ1n) is 12.3. The molecule has 5 atom stereocenters. The van der Waals surface area contributed by atoms with Crippen LogP contribution < -0.4 is 5.32 Å². The molecule has 1 aromatic heterocycles. The molecule has 1 aliphatic heterocycles. The van der Waals surface area contributed by atoms with Gasteiger partial charge in [0.05, 0.1) is 17.8 Å². The monoisotopic (exact) mass is 518 g/mol. The van der Waals surface area contributed by atoms with Crippen molar-refractivity contribution in [2.75, 3.05) is 32.8 Å². The van der Waals surface area contributed by atoms with E-state index >= 15 is 0 Å². The average Bonchev–Trinajstić information content (AvgIpc) is 3.15. The normalized spacial score (nSPS) is 24.4. The number of hydrogen-bond acceptors (Lipinski definition) is 8. The molecule has 1 saturated heterocycles. The van der Waals surface area contributed by atoms with Crippen LogP contribution in [0, 0.1) is 17.8 Å². The Kier molecular flexibility index (Phi) is 7.56. The maximum Gasteiger partial charge on any atom is 0.336 e. The Bertz CT molecular complexity index is 1170. The second-order valence-corrected chi connectivity index (χ2v) is 10.7. The number of amides is 1. The second kappa shape index (κ2) is 10.4. The van der Waals surface area contributed by atoms with Gasteiger partial charge >= 0.3 is 11.9 Å². The largest absolute Gasteiger partial charge is 0.479 e. The molecule has 1 aliphatic carbocycles. The smallest absolute Gasteiger partial charge is 0.336 e. The number of aliphatic carboxylic acids is 2. The molecule has 4 rings (SSSR count). The molecule has 1 amide bonds. The number of nitrogens with zero attached hydrogens (tertiary/aromatic N) is 3. The van der Waals surface area contributed by atoms with Crippen LogP contribution in [0.4, 0.5) is 0 Å². The van der Waals surface area contributed by atoms with Gasteiger partial charge in [-0.15, -0.1) is 0 Å². The molecule has 2 aromatic rings. The summed E-state index contributed by atoms with van der Waals surface area (Å²) in [5, 5.41) is 46.7. The Morgan fingerprint density at radius 1 is 1.19 bits per heavy atom. The number of hydrogen-bond donors (Lipinski definition) is 5. The van der Waals surface area contributed by atoms with Crippen LogP contribution in [0.2, 0.25) is 0 Å². The molecule has 5 N–H and O–H groups in total. The standard InChI is InChI=1S/C25H34N4O8/c1-13(2)29-8-14-5-4-6-15(19(14)27-29)22(31)26-7-16-17-9-28(10-18(16)17)11-25(3,36)12-37-21(24(34)35)20(30)23(32)33/h4-6,8,13,16-18,20-21,30,36H,7,9-12H2,1-3H3,(H,26,31)(H,32,33)(H,34,35). The Morgan fingerprint density at radius 2 is 1.86 bits per heavy atom. The van der Waals surface area contributed by atoms with E-state index in [1.54, 1.807) is 6.07 Å². The summed E-state index contributed by atoms with van der Waals surface area (Å²) in [7, 11) is 0. The highest BCUT2D eigenvalue weighted by atomic mass is 16.5. The fraction of sp³-hybridized carbons (Fsp3) is 0.600. The molecule has 1 aromatic carbocycles. The fourth-order valence-corrected chi connectivity index (χ4v) is 5.21. The zero-order valence-electron chi connectivity index (χ0n) is 21.1. The molecule has 2 heterocycles. The lowest BCUT2D eigenvalue weighted by Gasteiger charge is -2.31. The Hall–Kier alpha value is -3.06. The number of ether oxygens (including phenoxy) is 1. The van der Waals surface area contributed by atoms with Crippen molar-refractivity contribution >= 4 is 28.7 Å². The number of aromatic nitrogens is 2. The molecule has 12 nitrogen and oxygen atoms in total. The lowest BCUT2D eigenvalue weighted by Crippen LogP contribution is -2.48. The van der Waals surface area contributed by atoms with E-state index in [1.807, 2.05) is 41.8 Å². The number of carbonyl (C=O) groups is 3. The van der Waals surface area contributed by atoms with E-state index in [-0.39, 0.29) is 18.5 Å². The number of rotatable bonds is 12. The summed E-state index contributed by atoms with van der Waals surface area (Å²) < 4.78 is 6.90. The minimum atomic E-state index is -2.23. The van der Waals surface area contributed by atoms with Crippen molar-refractivity contribution in [2.24, 2.45) is 17.8 Å². The lowest BCUT2D eigenvalue weighted by atomic mass is 10.1. The van der Waals surface area contributed by atoms with Gasteiger partial charge in [-0.3, -0.25) is 14.4 Å². The first-order chi connectivity index (χ1) is 17.4. The van der Waals surface area contributed by atoms with Crippen LogP contribution in [0.25, 0.3) is 10.9 Å². The molecule has 202 valence electrons. The number of carboxylic acids is 2. The summed E-state index contributed by atoms with van der Waals surface area (Å²) in [6.45, 7) is 7.28. The van der Waals surface area contributed by atoms with Crippen LogP contribution in [-0.2, 0) is 14.3 Å². The predicted molar refractivity (Wildman–Crippen MR) is 131 cm³/mol. The van der Waals surface area contributed by atoms with Gasteiger partial charge in [-0.25, -0.2) is 9.59 Å². The Labute approximate surface area is 213 Å². The lowest BCUT2D eigenvalue weighted by molar-refractivity contribution is -0.177. The minimum Gasteiger partial charge on any atom is -0.479 e. The maximum absolute atomic E-state index is 12.9. The van der Waals surface area contributed by atoms with E-state index in [0.29, 0.717) is 35.4 Å². The van der Waals surface area contributed by atoms with E-state index < -0.39 is 36.4 Å². The Balaban J connectivity index is 1.24. The molecule has 2 aliphatic rings. The number of carboxylic acid groups (broad SMARTS) is 2. The Morgan fingerprint density at radius 3 is 2.46 bits per heavy atom. The zero-order chi connectivity index (χ0) is 27.1. The molecular weight excluding hydrogens is 484 g/mol. The molecule has 12 heteroatoms. The van der Waals surface area contributed by atoms with Crippen LogP contribution in [0.15, 0.2) is 24.4 Å². The topological polar surface area (TPSA) is 174 Å². The highest BCUT2D eigenvalue weighted by Gasteiger charge is 2.55. The number of fused-ring (bicyclic) bond motifs is 2. The summed E-state index contributed by atoms with van der Waals surface area (Å²) >= 11 is 0. The molecular formula is C25H34N4O8. The molecule has 1 saturated carbocycles. The van der Waals surface area contributed by atoms with E-state index in [2.05, 4.69) is 10.4 Å². The van der Waals surface area contributed by atoms with Crippen LogP contribution >= 0.6 is 0 Å². The minimum absolute atomic E-state index is 0.155. The number of nitrogens with one attached hydrogen (secondary N) is 1. The summed E-state index contributed by atoms with van der Waals surface area (Å²) in [6, 6.07) is 5.76. The third-order valence-electron chi connectivity index (χ3n) is 7.19. The molecule has 0 radical (unpaired) electrons. The number of piperidine rings is 1. The van der Waals surface area contributed by atoms with Crippen molar-refractivity contribution in [2.45, 2.75) is 44.6 Å². The quantitative estimate of drug-likeness (QED) is 0.261. The van der Waals surface area contributed by atoms with E-state index in [4.69, 9.17) is 14.9 Å². The van der Waals surface area contributed by atoms with Crippen molar-refractivity contribution < 1.29 is 39.5 Å². The number of likely N-dealkylation sites (tertiary alicyclic amines) is 1. The summed E-state index contributed by atoms with van der Waals surface area (Å²) in [5.74, 6) is -2.38. The van der Waals surface area contributed by atoms with E-state index in [0.717, 1.165) is 18.5 Å². The van der Waals surface area contributed by atoms with Gasteiger partial charge < -0.3 is 30.5 Å². The molecule has 0 bridgehead atoms. The predicted octanol–water partition coefficient (Wildman–Crippen LogP) is 0.191. The fourth-order valence-electron chi connectivity index (χ4n) is 5.21. The number of β-amino-alcohol motifs (C(OH)–C–C–N with tert-alkyl or cyclic N) is 1. The van der Waals surface area contributed by atoms with Crippen LogP contribution in [-0.4, -0.2) is 104 Å². The van der Waals surface area contributed by atoms with Gasteiger partial charge in [-0.2, -0.15) is 5.10 Å². The van der Waals surface area contributed by atoms with Gasteiger partial charge in [-0.05, 0) is 44.6 Å². The van der Waals surface area contributed by atoms with E-state index in [9.17, 15) is 24.6 Å². The first-order valence-corrected chi connectivity index (χ1v) is 12.3. The molecule has 5 unspecified atom stereocenters. The number of carbonyl (C=O) groups excluding carboxylic acids is 1. The van der Waals surface area contributed by atoms with Crippen LogP contribution in [0.3, 0.4) is 0 Å². The van der Waals surface area contributed by atoms with Gasteiger partial charge in [0.1, 0.15) is 5.52 Å². The highest BCUT2D eigenvalue weighted by Crippen LogP contribution is 2.51. The van der Waals surface area contributed by atoms with Crippen LogP contribution in [0.5, 0.6) is 0 Å². The SMILES string of the molecule is CC(C)n1cc2cccc(C(=O)NCC3C4CN(CC(C)(O)COC(C(=O)O)C(O)C(=O)O)CC34)c2n1. The van der Waals surface area contributed by atoms with Gasteiger partial charge in [0, 0.05) is 43.8 Å². The maximum atomic E-state index is 12.9. The average molecular weight is 519 g/mol. The van der Waals surface area contributed by atoms with Crippen molar-refractivity contribution in [3.05, 3.63) is 30.0 Å². The zero-order valence-corrected chi connectivity index (χ0v) is 21.1. The van der Waals surface area contributed by atoms with Gasteiger partial charge in [0.15, 0.2) is 12.2 Å². The molecule has 0 spiro atoms. The molecule has 2 fully saturated rings. The third-order valence-corrected chi connectivity index (χ3v) is 7.19. The molecule has 37 heavy (non-hydrogen) atoms. The van der Waals surface area contributed by atoms with Crippen molar-refractivity contribution in [3.63, 3.8) is 0 Å². The van der Waals surface area contributed by atoms with Gasteiger partial charge in [0.25, 0.3) is 5.91 Å². The van der Waals surface area contributed by atoms with Gasteiger partial charge in [-0.1, -0.05) is 12.1 Å². The van der Waals surface area contributed by atoms with Crippen molar-refractivity contribution in [3.8, 4) is 0 Å². The highest BCUT2D eigenvalue weighted by molar-refractivity contribution is 6.05. The van der Waals surface area contributed by atoms with Gasteiger partial charge in [0.2, 0.25) is 0 Å². The van der Waals surface area contributed by atoms with Crippen LogP contribution in [0.1, 0.15) is 37.2 Å². The number of benzene rings is 1. The number of aliphatic hydroxyl groups is 2. The third kappa shape index (κ3) is 5.93. The van der Waals surface area contributed by atoms with E-state index in [1.165, 1.54) is 6.92 Å². The summed E-state index contributed by atoms with van der Waals surface area (Å²) in [6.07, 6.45) is -2.28. The summed E-state index contributed by atoms with van der Waals surface area (Å²) in [5.41, 5.74) is -0.209. The second-order valence-electron chi connectivity index (χ2n) is 10.7. The van der Waals surface area contributed by atoms with Crippen molar-refractivity contribution in [1.29, 1.82) is 0 Å². The first kappa shape index (κ1) is 27.0. The number of aliphatic hydroxyl groups excluding tert-OH is 1.